The summed E-state index contributed by atoms with van der Waals surface area (Å²) in [6.07, 6.45) is 3.21. The highest BCUT2D eigenvalue weighted by Crippen LogP contribution is 2.37. The molecule has 1 unspecified atom stereocenters. The van der Waals surface area contributed by atoms with E-state index in [0.29, 0.717) is 5.92 Å². The summed E-state index contributed by atoms with van der Waals surface area (Å²) in [6.45, 7) is 8.96. The molecule has 0 bridgehead atoms. The molecule has 0 N–H and O–H groups in total. The van der Waals surface area contributed by atoms with E-state index in [1.165, 1.54) is 17.5 Å². The minimum atomic E-state index is -0.111. The van der Waals surface area contributed by atoms with E-state index in [4.69, 9.17) is 4.74 Å². The van der Waals surface area contributed by atoms with Crippen LogP contribution in [0.3, 0.4) is 0 Å². The van der Waals surface area contributed by atoms with Crippen molar-refractivity contribution >= 4 is 0 Å². The molecule has 1 aromatic carbocycles. The van der Waals surface area contributed by atoms with Crippen LogP contribution in [0.1, 0.15) is 64.0 Å². The lowest BCUT2D eigenvalue weighted by Crippen LogP contribution is -2.28. The summed E-state index contributed by atoms with van der Waals surface area (Å²) in [7, 11) is 1.83. The minimum Gasteiger partial charge on any atom is -0.374 e. The molecule has 0 aromatic heterocycles. The predicted octanol–water partition coefficient (Wildman–Crippen LogP) is 4.86. The van der Waals surface area contributed by atoms with Crippen LogP contribution in [0, 0.1) is 0 Å². The average molecular weight is 234 g/mol. The van der Waals surface area contributed by atoms with Crippen molar-refractivity contribution in [2.75, 3.05) is 7.11 Å². The van der Waals surface area contributed by atoms with Crippen molar-refractivity contribution in [3.63, 3.8) is 0 Å². The Hall–Kier alpha value is -0.820. The van der Waals surface area contributed by atoms with Crippen molar-refractivity contribution in [2.24, 2.45) is 0 Å². The zero-order chi connectivity index (χ0) is 12.9. The Balaban J connectivity index is 3.28. The molecule has 17 heavy (non-hydrogen) atoms. The molecule has 0 radical (unpaired) electrons. The average Bonchev–Trinajstić information content (AvgIpc) is 2.41. The minimum absolute atomic E-state index is 0.111. The molecule has 1 heteroatoms. The Morgan fingerprint density at radius 3 is 2.18 bits per heavy atom. The first-order valence-electron chi connectivity index (χ1n) is 6.79. The molecule has 1 atom stereocenters. The van der Waals surface area contributed by atoms with Crippen molar-refractivity contribution < 1.29 is 4.74 Å². The second-order valence-corrected chi connectivity index (χ2v) is 4.80. The fraction of sp³-hybridized carbons (Fsp3) is 0.625. The zero-order valence-electron chi connectivity index (χ0n) is 11.9. The maximum atomic E-state index is 5.86. The summed E-state index contributed by atoms with van der Waals surface area (Å²) < 4.78 is 5.86. The van der Waals surface area contributed by atoms with Gasteiger partial charge in [0.05, 0.1) is 5.60 Å². The fourth-order valence-corrected chi connectivity index (χ4v) is 2.59. The predicted molar refractivity (Wildman–Crippen MR) is 74.4 cm³/mol. The molecule has 0 saturated carbocycles. The van der Waals surface area contributed by atoms with Crippen molar-refractivity contribution in [3.05, 3.63) is 35.4 Å². The number of ether oxygens (including phenoxy) is 1. The van der Waals surface area contributed by atoms with Crippen molar-refractivity contribution in [1.29, 1.82) is 0 Å². The third-order valence-corrected chi connectivity index (χ3v) is 4.13. The maximum Gasteiger partial charge on any atom is 0.0925 e. The van der Waals surface area contributed by atoms with E-state index >= 15 is 0 Å². The summed E-state index contributed by atoms with van der Waals surface area (Å²) >= 11 is 0. The smallest absolute Gasteiger partial charge is 0.0925 e. The fourth-order valence-electron chi connectivity index (χ4n) is 2.59. The van der Waals surface area contributed by atoms with Gasteiger partial charge in [-0.25, -0.2) is 0 Å². The largest absolute Gasteiger partial charge is 0.374 e. The van der Waals surface area contributed by atoms with Gasteiger partial charge in [-0.1, -0.05) is 52.0 Å². The van der Waals surface area contributed by atoms with E-state index in [9.17, 15) is 0 Å². The molecule has 0 aliphatic heterocycles. The normalized spacial score (nSPS) is 13.7. The van der Waals surface area contributed by atoms with Crippen LogP contribution in [-0.2, 0) is 10.3 Å². The highest BCUT2D eigenvalue weighted by Gasteiger charge is 2.30. The second kappa shape index (κ2) is 6.20. The standard InChI is InChI=1S/C16H26O/c1-6-13(4)14-11-9-10-12-15(14)16(7-2,8-3)17-5/h9-13H,6-8H2,1-5H3. The van der Waals surface area contributed by atoms with Crippen LogP contribution >= 0.6 is 0 Å². The van der Waals surface area contributed by atoms with E-state index in [0.717, 1.165) is 12.8 Å². The number of methoxy groups -OCH3 is 1. The van der Waals surface area contributed by atoms with E-state index in [2.05, 4.69) is 52.0 Å². The lowest BCUT2D eigenvalue weighted by Gasteiger charge is -2.34. The Labute approximate surface area is 106 Å². The van der Waals surface area contributed by atoms with Gasteiger partial charge in [0.1, 0.15) is 0 Å². The van der Waals surface area contributed by atoms with Gasteiger partial charge in [0.15, 0.2) is 0 Å². The lowest BCUT2D eigenvalue weighted by atomic mass is 9.81. The van der Waals surface area contributed by atoms with Crippen molar-refractivity contribution in [1.82, 2.24) is 0 Å². The third kappa shape index (κ3) is 2.71. The molecular formula is C16H26O. The van der Waals surface area contributed by atoms with Crippen LogP contribution in [0.25, 0.3) is 0 Å². The Kier molecular flexibility index (Phi) is 5.20. The van der Waals surface area contributed by atoms with Gasteiger partial charge >= 0.3 is 0 Å². The highest BCUT2D eigenvalue weighted by atomic mass is 16.5. The van der Waals surface area contributed by atoms with Gasteiger partial charge < -0.3 is 4.74 Å². The van der Waals surface area contributed by atoms with Crippen LogP contribution in [0.4, 0.5) is 0 Å². The first-order valence-corrected chi connectivity index (χ1v) is 6.79. The van der Waals surface area contributed by atoms with Gasteiger partial charge in [-0.3, -0.25) is 0 Å². The number of hydrogen-bond acceptors (Lipinski definition) is 1. The maximum absolute atomic E-state index is 5.86. The van der Waals surface area contributed by atoms with E-state index in [-0.39, 0.29) is 5.60 Å². The Morgan fingerprint density at radius 1 is 1.12 bits per heavy atom. The summed E-state index contributed by atoms with van der Waals surface area (Å²) in [5.41, 5.74) is 2.71. The Bertz CT molecular complexity index is 331. The van der Waals surface area contributed by atoms with Gasteiger partial charge in [-0.05, 0) is 36.3 Å². The number of rotatable bonds is 6. The van der Waals surface area contributed by atoms with Gasteiger partial charge in [-0.2, -0.15) is 0 Å². The van der Waals surface area contributed by atoms with Crippen LogP contribution < -0.4 is 0 Å². The van der Waals surface area contributed by atoms with Crippen molar-refractivity contribution in [2.45, 2.75) is 58.5 Å². The highest BCUT2D eigenvalue weighted by molar-refractivity contribution is 5.35. The van der Waals surface area contributed by atoms with Gasteiger partial charge in [0, 0.05) is 7.11 Å². The molecule has 0 heterocycles. The summed E-state index contributed by atoms with van der Waals surface area (Å²) in [6, 6.07) is 8.75. The van der Waals surface area contributed by atoms with E-state index < -0.39 is 0 Å². The zero-order valence-corrected chi connectivity index (χ0v) is 11.9. The topological polar surface area (TPSA) is 9.23 Å². The summed E-state index contributed by atoms with van der Waals surface area (Å²) in [5.74, 6) is 0.596. The van der Waals surface area contributed by atoms with Crippen LogP contribution in [-0.4, -0.2) is 7.11 Å². The molecule has 0 aliphatic carbocycles. The molecule has 0 saturated heterocycles. The third-order valence-electron chi connectivity index (χ3n) is 4.13. The molecule has 0 fully saturated rings. The number of benzene rings is 1. The molecule has 1 rings (SSSR count). The monoisotopic (exact) mass is 234 g/mol. The van der Waals surface area contributed by atoms with Crippen LogP contribution in [0.15, 0.2) is 24.3 Å². The first kappa shape index (κ1) is 14.2. The van der Waals surface area contributed by atoms with Crippen LogP contribution in [0.2, 0.25) is 0 Å². The quantitative estimate of drug-likeness (QED) is 0.683. The van der Waals surface area contributed by atoms with Gasteiger partial charge in [0.2, 0.25) is 0 Å². The summed E-state index contributed by atoms with van der Waals surface area (Å²) in [4.78, 5) is 0. The number of hydrogen-bond donors (Lipinski definition) is 0. The van der Waals surface area contributed by atoms with Crippen LogP contribution in [0.5, 0.6) is 0 Å². The Morgan fingerprint density at radius 2 is 1.71 bits per heavy atom. The van der Waals surface area contributed by atoms with Gasteiger partial charge in [0.25, 0.3) is 0 Å². The SMILES string of the molecule is CCC(C)c1ccccc1C(CC)(CC)OC. The molecule has 0 spiro atoms. The molecule has 1 aromatic rings. The van der Waals surface area contributed by atoms with Crippen molar-refractivity contribution in [3.8, 4) is 0 Å². The second-order valence-electron chi connectivity index (χ2n) is 4.80. The lowest BCUT2D eigenvalue weighted by molar-refractivity contribution is -0.0226. The molecule has 96 valence electrons. The van der Waals surface area contributed by atoms with E-state index in [1.807, 2.05) is 7.11 Å². The molecule has 0 amide bonds. The summed E-state index contributed by atoms with van der Waals surface area (Å²) in [5, 5.41) is 0. The van der Waals surface area contributed by atoms with E-state index in [1.54, 1.807) is 0 Å². The molecule has 1 nitrogen and oxygen atoms in total. The van der Waals surface area contributed by atoms with Gasteiger partial charge in [-0.15, -0.1) is 0 Å². The molecular weight excluding hydrogens is 208 g/mol. The first-order chi connectivity index (χ1) is 8.15. The molecule has 0 aliphatic rings.